The van der Waals surface area contributed by atoms with Crippen LogP contribution in [-0.2, 0) is 28.1 Å². The van der Waals surface area contributed by atoms with Gasteiger partial charge in [0.25, 0.3) is 0 Å². The van der Waals surface area contributed by atoms with Crippen LogP contribution in [0.4, 0.5) is 5.82 Å². The van der Waals surface area contributed by atoms with E-state index in [1.54, 1.807) is 7.11 Å². The average Bonchev–Trinajstić information content (AvgIpc) is 2.55. The summed E-state index contributed by atoms with van der Waals surface area (Å²) in [5.41, 5.74) is 4.34. The zero-order valence-electron chi connectivity index (χ0n) is 12.8. The summed E-state index contributed by atoms with van der Waals surface area (Å²) in [7, 11) is 1.76. The van der Waals surface area contributed by atoms with Crippen molar-refractivity contribution in [3.05, 3.63) is 17.1 Å². The molecular weight excluding hydrogens is 268 g/mol. The maximum absolute atomic E-state index is 5.88. The highest BCUT2D eigenvalue weighted by Gasteiger charge is 2.39. The van der Waals surface area contributed by atoms with Gasteiger partial charge in [-0.1, -0.05) is 6.92 Å². The standard InChI is InChI=1S/C15H24N4O2/c1-10-3-6-15(20-2,7-4-10)14-17-12-5-8-21-9-11(12)13(18-14)19-16/h10H,3-9,16H2,1-2H3,(H,17,18,19). The summed E-state index contributed by atoms with van der Waals surface area (Å²) in [5, 5.41) is 0. The van der Waals surface area contributed by atoms with Crippen LogP contribution in [0.5, 0.6) is 0 Å². The number of nitrogens with two attached hydrogens (primary N) is 1. The van der Waals surface area contributed by atoms with E-state index in [9.17, 15) is 0 Å². The highest BCUT2D eigenvalue weighted by molar-refractivity contribution is 5.46. The molecule has 0 spiro atoms. The van der Waals surface area contributed by atoms with E-state index in [1.165, 1.54) is 0 Å². The van der Waals surface area contributed by atoms with E-state index in [0.29, 0.717) is 19.0 Å². The highest BCUT2D eigenvalue weighted by atomic mass is 16.5. The Hall–Kier alpha value is -1.24. The molecule has 6 nitrogen and oxygen atoms in total. The van der Waals surface area contributed by atoms with Crippen LogP contribution < -0.4 is 11.3 Å². The van der Waals surface area contributed by atoms with Gasteiger partial charge in [-0.05, 0) is 31.6 Å². The van der Waals surface area contributed by atoms with Crippen molar-refractivity contribution in [2.45, 2.75) is 51.2 Å². The first kappa shape index (κ1) is 14.7. The lowest BCUT2D eigenvalue weighted by Gasteiger charge is -2.37. The minimum Gasteiger partial charge on any atom is -0.376 e. The molecule has 1 aromatic rings. The van der Waals surface area contributed by atoms with Gasteiger partial charge in [-0.2, -0.15) is 0 Å². The molecule has 1 aliphatic carbocycles. The van der Waals surface area contributed by atoms with Gasteiger partial charge in [0.15, 0.2) is 5.82 Å². The quantitative estimate of drug-likeness (QED) is 0.654. The smallest absolute Gasteiger partial charge is 0.162 e. The number of hydrogen-bond acceptors (Lipinski definition) is 6. The van der Waals surface area contributed by atoms with Gasteiger partial charge >= 0.3 is 0 Å². The van der Waals surface area contributed by atoms with Crippen molar-refractivity contribution >= 4 is 5.82 Å². The molecule has 6 heteroatoms. The molecule has 0 amide bonds. The number of nitrogens with one attached hydrogen (secondary N) is 1. The van der Waals surface area contributed by atoms with Crippen LogP contribution >= 0.6 is 0 Å². The van der Waals surface area contributed by atoms with Crippen LogP contribution in [-0.4, -0.2) is 23.7 Å². The number of nitrogen functional groups attached to an aromatic ring is 1. The Morgan fingerprint density at radius 2 is 2.10 bits per heavy atom. The topological polar surface area (TPSA) is 82.3 Å². The Kier molecular flexibility index (Phi) is 4.10. The van der Waals surface area contributed by atoms with Crippen molar-refractivity contribution in [1.82, 2.24) is 9.97 Å². The van der Waals surface area contributed by atoms with E-state index in [-0.39, 0.29) is 5.60 Å². The minimum absolute atomic E-state index is 0.370. The maximum atomic E-state index is 5.88. The molecule has 2 heterocycles. The van der Waals surface area contributed by atoms with Crippen molar-refractivity contribution in [1.29, 1.82) is 0 Å². The summed E-state index contributed by atoms with van der Waals surface area (Å²) in [5.74, 6) is 7.82. The molecule has 116 valence electrons. The highest BCUT2D eigenvalue weighted by Crippen LogP contribution is 2.41. The molecule has 0 saturated heterocycles. The number of hydrazine groups is 1. The largest absolute Gasteiger partial charge is 0.376 e. The lowest BCUT2D eigenvalue weighted by Crippen LogP contribution is -2.36. The van der Waals surface area contributed by atoms with Gasteiger partial charge in [-0.15, -0.1) is 0 Å². The van der Waals surface area contributed by atoms with Gasteiger partial charge in [0.1, 0.15) is 11.4 Å². The Morgan fingerprint density at radius 1 is 1.33 bits per heavy atom. The lowest BCUT2D eigenvalue weighted by molar-refractivity contribution is -0.0600. The normalized spacial score (nSPS) is 29.0. The summed E-state index contributed by atoms with van der Waals surface area (Å²) in [6.07, 6.45) is 5.01. The number of hydrogen-bond donors (Lipinski definition) is 2. The van der Waals surface area contributed by atoms with Crippen LogP contribution in [0, 0.1) is 5.92 Å². The summed E-state index contributed by atoms with van der Waals surface area (Å²) in [4.78, 5) is 9.45. The third-order valence-corrected chi connectivity index (χ3v) is 4.84. The molecule has 1 aliphatic heterocycles. The molecular formula is C15H24N4O2. The summed E-state index contributed by atoms with van der Waals surface area (Å²) >= 11 is 0. The predicted molar refractivity (Wildman–Crippen MR) is 79.5 cm³/mol. The fourth-order valence-corrected chi connectivity index (χ4v) is 3.30. The van der Waals surface area contributed by atoms with Crippen LogP contribution in [0.3, 0.4) is 0 Å². The second-order valence-electron chi connectivity index (χ2n) is 6.15. The molecule has 0 aromatic carbocycles. The predicted octanol–water partition coefficient (Wildman–Crippen LogP) is 1.89. The Morgan fingerprint density at radius 3 is 2.76 bits per heavy atom. The van der Waals surface area contributed by atoms with Gasteiger partial charge in [-0.25, -0.2) is 15.8 Å². The van der Waals surface area contributed by atoms with E-state index < -0.39 is 0 Å². The second-order valence-corrected chi connectivity index (χ2v) is 6.15. The van der Waals surface area contributed by atoms with Crippen molar-refractivity contribution in [3.63, 3.8) is 0 Å². The zero-order chi connectivity index (χ0) is 14.9. The van der Waals surface area contributed by atoms with E-state index in [0.717, 1.165) is 55.1 Å². The SMILES string of the molecule is COC1(c2nc3c(c(NN)n2)COCC3)CCC(C)CC1. The molecule has 1 saturated carbocycles. The number of anilines is 1. The molecule has 1 aromatic heterocycles. The number of nitrogens with zero attached hydrogens (tertiary/aromatic N) is 2. The average molecular weight is 292 g/mol. The summed E-state index contributed by atoms with van der Waals surface area (Å²) in [6, 6.07) is 0. The number of rotatable bonds is 3. The third kappa shape index (κ3) is 2.63. The van der Waals surface area contributed by atoms with Crippen LogP contribution in [0.2, 0.25) is 0 Å². The molecule has 0 unspecified atom stereocenters. The second kappa shape index (κ2) is 5.87. The van der Waals surface area contributed by atoms with Crippen LogP contribution in [0.15, 0.2) is 0 Å². The van der Waals surface area contributed by atoms with Gasteiger partial charge in [0, 0.05) is 19.1 Å². The molecule has 1 fully saturated rings. The Balaban J connectivity index is 2.00. The Labute approximate surface area is 125 Å². The van der Waals surface area contributed by atoms with E-state index in [1.807, 2.05) is 0 Å². The third-order valence-electron chi connectivity index (χ3n) is 4.84. The molecule has 0 bridgehead atoms. The van der Waals surface area contributed by atoms with Gasteiger partial charge in [0.05, 0.1) is 18.9 Å². The number of methoxy groups -OCH3 is 1. The van der Waals surface area contributed by atoms with Crippen LogP contribution in [0.25, 0.3) is 0 Å². The Bertz CT molecular complexity index is 495. The van der Waals surface area contributed by atoms with Crippen molar-refractivity contribution in [3.8, 4) is 0 Å². The van der Waals surface area contributed by atoms with E-state index in [4.69, 9.17) is 20.3 Å². The maximum Gasteiger partial charge on any atom is 0.162 e. The number of ether oxygens (including phenoxy) is 2. The molecule has 21 heavy (non-hydrogen) atoms. The molecule has 3 N–H and O–H groups in total. The molecule has 0 radical (unpaired) electrons. The molecule has 3 rings (SSSR count). The number of fused-ring (bicyclic) bond motifs is 1. The van der Waals surface area contributed by atoms with E-state index in [2.05, 4.69) is 17.3 Å². The molecule has 0 atom stereocenters. The van der Waals surface area contributed by atoms with Crippen molar-refractivity contribution < 1.29 is 9.47 Å². The van der Waals surface area contributed by atoms with Gasteiger partial charge in [-0.3, -0.25) is 0 Å². The summed E-state index contributed by atoms with van der Waals surface area (Å²) < 4.78 is 11.4. The monoisotopic (exact) mass is 292 g/mol. The van der Waals surface area contributed by atoms with Crippen LogP contribution in [0.1, 0.15) is 49.7 Å². The van der Waals surface area contributed by atoms with Crippen molar-refractivity contribution in [2.75, 3.05) is 19.1 Å². The first-order valence-corrected chi connectivity index (χ1v) is 7.68. The minimum atomic E-state index is -0.370. The summed E-state index contributed by atoms with van der Waals surface area (Å²) in [6.45, 7) is 3.51. The molecule has 2 aliphatic rings. The fourth-order valence-electron chi connectivity index (χ4n) is 3.30. The zero-order valence-corrected chi connectivity index (χ0v) is 12.8. The first-order chi connectivity index (χ1) is 10.2. The van der Waals surface area contributed by atoms with Crippen molar-refractivity contribution in [2.24, 2.45) is 11.8 Å². The number of aromatic nitrogens is 2. The van der Waals surface area contributed by atoms with Gasteiger partial charge < -0.3 is 14.9 Å². The lowest BCUT2D eigenvalue weighted by atomic mass is 9.78. The van der Waals surface area contributed by atoms with Gasteiger partial charge in [0.2, 0.25) is 0 Å². The van der Waals surface area contributed by atoms with E-state index >= 15 is 0 Å². The first-order valence-electron chi connectivity index (χ1n) is 7.68. The fraction of sp³-hybridized carbons (Fsp3) is 0.733.